The molecule has 154 valence electrons. The van der Waals surface area contributed by atoms with E-state index < -0.39 is 5.63 Å². The molecule has 0 spiro atoms. The molecular formula is C23H27NO4S. The summed E-state index contributed by atoms with van der Waals surface area (Å²) in [5.74, 6) is 1.86. The number of allylic oxidation sites excluding steroid dienone is 1. The molecule has 0 aliphatic carbocycles. The summed E-state index contributed by atoms with van der Waals surface area (Å²) in [5.41, 5.74) is 1.06. The van der Waals surface area contributed by atoms with E-state index in [0.717, 1.165) is 43.0 Å². The molecule has 0 atom stereocenters. The van der Waals surface area contributed by atoms with Crippen LogP contribution in [0.15, 0.2) is 45.6 Å². The van der Waals surface area contributed by atoms with Crippen LogP contribution < -0.4 is 15.3 Å². The molecule has 0 unspecified atom stereocenters. The highest BCUT2D eigenvalue weighted by atomic mass is 32.2. The number of aryl methyl sites for hydroxylation is 1. The number of anilines is 1. The van der Waals surface area contributed by atoms with Gasteiger partial charge in [0.25, 0.3) is 0 Å². The van der Waals surface area contributed by atoms with Crippen LogP contribution >= 0.6 is 11.8 Å². The summed E-state index contributed by atoms with van der Waals surface area (Å²) in [5, 5.41) is 0. The number of hydrogen-bond donors (Lipinski definition) is 0. The molecule has 0 saturated carbocycles. The number of rotatable bonds is 8. The number of carbonyl (C=O) groups is 1. The monoisotopic (exact) mass is 413 g/mol. The molecule has 1 aromatic heterocycles. The van der Waals surface area contributed by atoms with Gasteiger partial charge in [0.15, 0.2) is 5.78 Å². The molecule has 1 fully saturated rings. The van der Waals surface area contributed by atoms with E-state index in [1.165, 1.54) is 12.5 Å². The van der Waals surface area contributed by atoms with Gasteiger partial charge in [-0.1, -0.05) is 18.2 Å². The van der Waals surface area contributed by atoms with E-state index in [0.29, 0.717) is 18.1 Å². The van der Waals surface area contributed by atoms with Crippen LogP contribution in [0.4, 0.5) is 5.69 Å². The van der Waals surface area contributed by atoms with Gasteiger partial charge in [-0.05, 0) is 56.2 Å². The predicted octanol–water partition coefficient (Wildman–Crippen LogP) is 4.58. The summed E-state index contributed by atoms with van der Waals surface area (Å²) in [6.07, 6.45) is 8.49. The molecule has 2 aromatic rings. The third kappa shape index (κ3) is 5.76. The molecule has 0 N–H and O–H groups in total. The molecule has 6 heteroatoms. The minimum atomic E-state index is -0.575. The number of nitrogens with zero attached hydrogens (tertiary/aromatic N) is 1. The number of hydrogen-bond acceptors (Lipinski definition) is 6. The summed E-state index contributed by atoms with van der Waals surface area (Å²) >= 11 is 1.73. The summed E-state index contributed by atoms with van der Waals surface area (Å²) < 4.78 is 10.9. The van der Waals surface area contributed by atoms with Gasteiger partial charge >= 0.3 is 5.63 Å². The lowest BCUT2D eigenvalue weighted by Crippen LogP contribution is -2.32. The number of carbonyl (C=O) groups excluding carboxylic acids is 1. The topological polar surface area (TPSA) is 59.8 Å². The second kappa shape index (κ2) is 10.3. The molecular weight excluding hydrogens is 386 g/mol. The summed E-state index contributed by atoms with van der Waals surface area (Å²) in [6.45, 7) is 4.07. The van der Waals surface area contributed by atoms with Crippen molar-refractivity contribution in [1.29, 1.82) is 0 Å². The molecule has 29 heavy (non-hydrogen) atoms. The summed E-state index contributed by atoms with van der Waals surface area (Å²) in [7, 11) is 0. The van der Waals surface area contributed by atoms with Gasteiger partial charge in [-0.15, -0.1) is 0 Å². The van der Waals surface area contributed by atoms with Crippen molar-refractivity contribution < 1.29 is 13.9 Å². The van der Waals surface area contributed by atoms with Crippen molar-refractivity contribution in [3.63, 3.8) is 0 Å². The van der Waals surface area contributed by atoms with Crippen LogP contribution in [0.2, 0.25) is 0 Å². The maximum absolute atomic E-state index is 12.9. The maximum Gasteiger partial charge on any atom is 0.349 e. The van der Waals surface area contributed by atoms with Crippen LogP contribution in [0.5, 0.6) is 5.75 Å². The van der Waals surface area contributed by atoms with Gasteiger partial charge in [0.05, 0.1) is 12.3 Å². The lowest BCUT2D eigenvalue weighted by atomic mass is 10.0. The molecule has 1 aliphatic rings. The van der Waals surface area contributed by atoms with Crippen molar-refractivity contribution in [2.75, 3.05) is 36.6 Å². The number of piperidine rings is 1. The summed E-state index contributed by atoms with van der Waals surface area (Å²) in [6, 6.07) is 9.36. The fraction of sp³-hybridized carbons (Fsp3) is 0.391. The highest BCUT2D eigenvalue weighted by Gasteiger charge is 2.22. The number of benzene rings is 1. The molecule has 0 amide bonds. The zero-order valence-electron chi connectivity index (χ0n) is 17.0. The van der Waals surface area contributed by atoms with E-state index in [1.807, 2.05) is 30.5 Å². The Kier molecular flexibility index (Phi) is 7.58. The zero-order chi connectivity index (χ0) is 20.6. The molecule has 0 bridgehead atoms. The van der Waals surface area contributed by atoms with Gasteiger partial charge in [-0.2, -0.15) is 11.8 Å². The first-order chi connectivity index (χ1) is 14.1. The largest absolute Gasteiger partial charge is 0.493 e. The minimum Gasteiger partial charge on any atom is -0.493 e. The molecule has 2 heterocycles. The molecule has 1 aromatic carbocycles. The maximum atomic E-state index is 12.9. The van der Waals surface area contributed by atoms with E-state index in [-0.39, 0.29) is 11.3 Å². The molecule has 5 nitrogen and oxygen atoms in total. The van der Waals surface area contributed by atoms with Crippen LogP contribution in [0.25, 0.3) is 6.08 Å². The van der Waals surface area contributed by atoms with Crippen LogP contribution in [0.3, 0.4) is 0 Å². The molecule has 1 aliphatic heterocycles. The van der Waals surface area contributed by atoms with Crippen LogP contribution in [0, 0.1) is 6.92 Å². The normalized spacial score (nSPS) is 14.3. The van der Waals surface area contributed by atoms with E-state index >= 15 is 0 Å². The van der Waals surface area contributed by atoms with Crippen LogP contribution in [-0.2, 0) is 0 Å². The third-order valence-electron chi connectivity index (χ3n) is 4.84. The Labute approximate surface area is 175 Å². The second-order valence-corrected chi connectivity index (χ2v) is 8.05. The Morgan fingerprint density at radius 3 is 2.79 bits per heavy atom. The van der Waals surface area contributed by atoms with Crippen molar-refractivity contribution in [3.8, 4) is 5.75 Å². The number of ketones is 1. The van der Waals surface area contributed by atoms with Crippen molar-refractivity contribution in [1.82, 2.24) is 0 Å². The predicted molar refractivity (Wildman–Crippen MR) is 119 cm³/mol. The van der Waals surface area contributed by atoms with Crippen molar-refractivity contribution in [3.05, 3.63) is 63.7 Å². The first-order valence-corrected chi connectivity index (χ1v) is 11.3. The highest BCUT2D eigenvalue weighted by molar-refractivity contribution is 7.98. The first-order valence-electron chi connectivity index (χ1n) is 9.92. The van der Waals surface area contributed by atoms with Crippen LogP contribution in [0.1, 0.15) is 40.9 Å². The standard InChI is InChI=1S/C23H27NO4S/c1-17-15-20(24-11-4-3-5-12-24)22(23(26)28-17)21(25)10-9-18-7-6-8-19(16-18)27-13-14-29-2/h6-10,15-16H,3-5,11-14H2,1-2H3/b10-9+. The Balaban J connectivity index is 1.82. The van der Waals surface area contributed by atoms with Gasteiger partial charge in [-0.3, -0.25) is 4.79 Å². The van der Waals surface area contributed by atoms with Gasteiger partial charge < -0.3 is 14.1 Å². The fourth-order valence-electron chi connectivity index (χ4n) is 3.41. The smallest absolute Gasteiger partial charge is 0.349 e. The van der Waals surface area contributed by atoms with Crippen molar-refractivity contribution >= 4 is 29.3 Å². The average molecular weight is 414 g/mol. The van der Waals surface area contributed by atoms with Crippen LogP contribution in [-0.4, -0.2) is 37.5 Å². The second-order valence-electron chi connectivity index (χ2n) is 7.06. The Bertz CT molecular complexity index is 929. The zero-order valence-corrected chi connectivity index (χ0v) is 17.8. The quantitative estimate of drug-likeness (QED) is 0.359. The van der Waals surface area contributed by atoms with E-state index in [2.05, 4.69) is 4.90 Å². The Morgan fingerprint density at radius 2 is 2.03 bits per heavy atom. The minimum absolute atomic E-state index is 0.112. The summed E-state index contributed by atoms with van der Waals surface area (Å²) in [4.78, 5) is 27.5. The van der Waals surface area contributed by atoms with Gasteiger partial charge in [0, 0.05) is 24.9 Å². The fourth-order valence-corrected chi connectivity index (χ4v) is 3.66. The highest BCUT2D eigenvalue weighted by Crippen LogP contribution is 2.24. The lowest BCUT2D eigenvalue weighted by molar-refractivity contribution is 0.104. The van der Waals surface area contributed by atoms with E-state index in [9.17, 15) is 9.59 Å². The molecule has 3 rings (SSSR count). The number of thioether (sulfide) groups is 1. The number of ether oxygens (including phenoxy) is 1. The Hall–Kier alpha value is -2.47. The van der Waals surface area contributed by atoms with Crippen molar-refractivity contribution in [2.24, 2.45) is 0 Å². The Morgan fingerprint density at radius 1 is 1.24 bits per heavy atom. The van der Waals surface area contributed by atoms with Crippen molar-refractivity contribution in [2.45, 2.75) is 26.2 Å². The SMILES string of the molecule is CSCCOc1cccc(/C=C/C(=O)c2c(N3CCCCC3)cc(C)oc2=O)c1. The van der Waals surface area contributed by atoms with Gasteiger partial charge in [-0.25, -0.2) is 4.79 Å². The first kappa shape index (κ1) is 21.2. The van der Waals surface area contributed by atoms with Gasteiger partial charge in [0.1, 0.15) is 17.1 Å². The average Bonchev–Trinajstić information content (AvgIpc) is 2.73. The van der Waals surface area contributed by atoms with E-state index in [1.54, 1.807) is 30.8 Å². The van der Waals surface area contributed by atoms with E-state index in [4.69, 9.17) is 9.15 Å². The molecule has 0 radical (unpaired) electrons. The third-order valence-corrected chi connectivity index (χ3v) is 5.41. The lowest BCUT2D eigenvalue weighted by Gasteiger charge is -2.29. The molecule has 1 saturated heterocycles. The van der Waals surface area contributed by atoms with Gasteiger partial charge in [0.2, 0.25) is 0 Å².